The Hall–Kier alpha value is -1.91. The molecule has 0 aliphatic carbocycles. The van der Waals surface area contributed by atoms with Gasteiger partial charge in [0.25, 0.3) is 0 Å². The molecular formula is C17H21N3O. The summed E-state index contributed by atoms with van der Waals surface area (Å²) >= 11 is 0. The number of amides is 1. The van der Waals surface area contributed by atoms with Crippen molar-refractivity contribution < 1.29 is 4.79 Å². The normalized spacial score (nSPS) is 16.6. The highest BCUT2D eigenvalue weighted by atomic mass is 16.2. The molecule has 0 saturated carbocycles. The Kier molecular flexibility index (Phi) is 4.48. The SMILES string of the molecule is O=C(CN1CCCNCC1)Nc1cccc2ccccc12. The molecule has 1 heterocycles. The minimum atomic E-state index is 0.0632. The summed E-state index contributed by atoms with van der Waals surface area (Å²) in [5.74, 6) is 0.0632. The fraction of sp³-hybridized carbons (Fsp3) is 0.353. The average Bonchev–Trinajstić information content (AvgIpc) is 2.76. The Balaban J connectivity index is 1.68. The van der Waals surface area contributed by atoms with Gasteiger partial charge in [-0.25, -0.2) is 0 Å². The van der Waals surface area contributed by atoms with Gasteiger partial charge in [0.15, 0.2) is 0 Å². The van der Waals surface area contributed by atoms with Crippen molar-refractivity contribution >= 4 is 22.4 Å². The van der Waals surface area contributed by atoms with Crippen LogP contribution in [0.4, 0.5) is 5.69 Å². The number of rotatable bonds is 3. The van der Waals surface area contributed by atoms with Crippen molar-refractivity contribution in [1.29, 1.82) is 0 Å². The molecule has 0 bridgehead atoms. The summed E-state index contributed by atoms with van der Waals surface area (Å²) in [6, 6.07) is 14.1. The maximum atomic E-state index is 12.3. The third-order valence-electron chi connectivity index (χ3n) is 3.86. The van der Waals surface area contributed by atoms with Crippen molar-refractivity contribution in [2.75, 3.05) is 38.0 Å². The first-order chi connectivity index (χ1) is 10.3. The van der Waals surface area contributed by atoms with Crippen molar-refractivity contribution in [1.82, 2.24) is 10.2 Å². The van der Waals surface area contributed by atoms with E-state index < -0.39 is 0 Å². The molecule has 0 radical (unpaired) electrons. The van der Waals surface area contributed by atoms with Crippen molar-refractivity contribution in [3.63, 3.8) is 0 Å². The smallest absolute Gasteiger partial charge is 0.238 e. The van der Waals surface area contributed by atoms with E-state index in [1.807, 2.05) is 30.3 Å². The molecule has 1 saturated heterocycles. The Morgan fingerprint density at radius 2 is 1.95 bits per heavy atom. The van der Waals surface area contributed by atoms with Crippen LogP contribution in [0.1, 0.15) is 6.42 Å². The number of hydrogen-bond donors (Lipinski definition) is 2. The van der Waals surface area contributed by atoms with E-state index in [4.69, 9.17) is 0 Å². The Morgan fingerprint density at radius 1 is 1.10 bits per heavy atom. The van der Waals surface area contributed by atoms with Gasteiger partial charge in [-0.1, -0.05) is 36.4 Å². The van der Waals surface area contributed by atoms with E-state index in [-0.39, 0.29) is 5.91 Å². The van der Waals surface area contributed by atoms with Crippen molar-refractivity contribution in [3.8, 4) is 0 Å². The monoisotopic (exact) mass is 283 g/mol. The first-order valence-corrected chi connectivity index (χ1v) is 7.53. The van der Waals surface area contributed by atoms with Gasteiger partial charge < -0.3 is 10.6 Å². The van der Waals surface area contributed by atoms with Gasteiger partial charge in [0.05, 0.1) is 6.54 Å². The minimum absolute atomic E-state index is 0.0632. The van der Waals surface area contributed by atoms with Crippen LogP contribution >= 0.6 is 0 Å². The van der Waals surface area contributed by atoms with Gasteiger partial charge in [-0.2, -0.15) is 0 Å². The van der Waals surface area contributed by atoms with Crippen LogP contribution in [-0.4, -0.2) is 43.5 Å². The number of benzene rings is 2. The van der Waals surface area contributed by atoms with Gasteiger partial charge in [0.1, 0.15) is 0 Å². The summed E-state index contributed by atoms with van der Waals surface area (Å²) in [4.78, 5) is 14.5. The molecule has 4 heteroatoms. The van der Waals surface area contributed by atoms with E-state index in [9.17, 15) is 4.79 Å². The predicted octanol–water partition coefficient (Wildman–Crippen LogP) is 2.07. The zero-order valence-corrected chi connectivity index (χ0v) is 12.1. The molecule has 21 heavy (non-hydrogen) atoms. The van der Waals surface area contributed by atoms with Crippen LogP contribution in [-0.2, 0) is 4.79 Å². The van der Waals surface area contributed by atoms with Gasteiger partial charge in [-0.3, -0.25) is 9.69 Å². The first kappa shape index (κ1) is 14.0. The van der Waals surface area contributed by atoms with E-state index in [1.165, 1.54) is 0 Å². The molecule has 0 atom stereocenters. The number of hydrogen-bond acceptors (Lipinski definition) is 3. The molecule has 0 unspecified atom stereocenters. The van der Waals surface area contributed by atoms with Crippen molar-refractivity contribution in [3.05, 3.63) is 42.5 Å². The lowest BCUT2D eigenvalue weighted by Crippen LogP contribution is -2.35. The molecule has 1 aliphatic heterocycles. The summed E-state index contributed by atoms with van der Waals surface area (Å²) in [5.41, 5.74) is 0.894. The molecule has 110 valence electrons. The molecule has 0 spiro atoms. The fourth-order valence-electron chi connectivity index (χ4n) is 2.79. The lowest BCUT2D eigenvalue weighted by Gasteiger charge is -2.19. The second kappa shape index (κ2) is 6.70. The standard InChI is InChI=1S/C17H21N3O/c21-17(13-20-11-4-9-18-10-12-20)19-16-8-3-6-14-5-1-2-7-15(14)16/h1-3,5-8,18H,4,9-13H2,(H,19,21). The lowest BCUT2D eigenvalue weighted by atomic mass is 10.1. The second-order valence-corrected chi connectivity index (χ2v) is 5.45. The molecule has 1 amide bonds. The van der Waals surface area contributed by atoms with E-state index in [0.717, 1.165) is 49.1 Å². The largest absolute Gasteiger partial charge is 0.324 e. The zero-order valence-electron chi connectivity index (χ0n) is 12.1. The van der Waals surface area contributed by atoms with E-state index in [2.05, 4.69) is 27.7 Å². The lowest BCUT2D eigenvalue weighted by molar-refractivity contribution is -0.117. The Labute approximate surface area is 125 Å². The fourth-order valence-corrected chi connectivity index (χ4v) is 2.79. The first-order valence-electron chi connectivity index (χ1n) is 7.53. The molecule has 3 rings (SSSR count). The highest BCUT2D eigenvalue weighted by molar-refractivity contribution is 6.02. The molecule has 4 nitrogen and oxygen atoms in total. The highest BCUT2D eigenvalue weighted by Crippen LogP contribution is 2.22. The van der Waals surface area contributed by atoms with Crippen LogP contribution in [0.25, 0.3) is 10.8 Å². The van der Waals surface area contributed by atoms with Gasteiger partial charge in [-0.05, 0) is 31.0 Å². The van der Waals surface area contributed by atoms with Crippen molar-refractivity contribution in [2.45, 2.75) is 6.42 Å². The predicted molar refractivity (Wildman–Crippen MR) is 86.5 cm³/mol. The summed E-state index contributed by atoms with van der Waals surface area (Å²) in [6.45, 7) is 4.38. The number of nitrogens with zero attached hydrogens (tertiary/aromatic N) is 1. The summed E-state index contributed by atoms with van der Waals surface area (Å²) in [6.07, 6.45) is 1.10. The topological polar surface area (TPSA) is 44.4 Å². The minimum Gasteiger partial charge on any atom is -0.324 e. The Bertz CT molecular complexity index is 613. The maximum Gasteiger partial charge on any atom is 0.238 e. The summed E-state index contributed by atoms with van der Waals surface area (Å²) in [7, 11) is 0. The Morgan fingerprint density at radius 3 is 2.90 bits per heavy atom. The number of carbonyl (C=O) groups excluding carboxylic acids is 1. The maximum absolute atomic E-state index is 12.3. The average molecular weight is 283 g/mol. The van der Waals surface area contributed by atoms with E-state index in [0.29, 0.717) is 6.54 Å². The van der Waals surface area contributed by atoms with Crippen LogP contribution in [0.15, 0.2) is 42.5 Å². The van der Waals surface area contributed by atoms with Crippen molar-refractivity contribution in [2.24, 2.45) is 0 Å². The number of carbonyl (C=O) groups is 1. The van der Waals surface area contributed by atoms with Gasteiger partial charge in [0, 0.05) is 24.2 Å². The second-order valence-electron chi connectivity index (χ2n) is 5.45. The molecule has 0 aromatic heterocycles. The van der Waals surface area contributed by atoms with Crippen LogP contribution in [0.5, 0.6) is 0 Å². The molecule has 1 fully saturated rings. The quantitative estimate of drug-likeness (QED) is 0.906. The third-order valence-corrected chi connectivity index (χ3v) is 3.86. The van der Waals surface area contributed by atoms with Crippen LogP contribution < -0.4 is 10.6 Å². The van der Waals surface area contributed by atoms with Crippen LogP contribution in [0, 0.1) is 0 Å². The molecule has 2 aromatic carbocycles. The molecule has 2 N–H and O–H groups in total. The highest BCUT2D eigenvalue weighted by Gasteiger charge is 2.13. The van der Waals surface area contributed by atoms with Gasteiger partial charge in [-0.15, -0.1) is 0 Å². The molecular weight excluding hydrogens is 262 g/mol. The number of anilines is 1. The zero-order chi connectivity index (χ0) is 14.5. The van der Waals surface area contributed by atoms with Gasteiger partial charge in [0.2, 0.25) is 5.91 Å². The van der Waals surface area contributed by atoms with E-state index in [1.54, 1.807) is 0 Å². The number of fused-ring (bicyclic) bond motifs is 1. The van der Waals surface area contributed by atoms with E-state index >= 15 is 0 Å². The van der Waals surface area contributed by atoms with Crippen LogP contribution in [0.2, 0.25) is 0 Å². The third kappa shape index (κ3) is 3.60. The van der Waals surface area contributed by atoms with Gasteiger partial charge >= 0.3 is 0 Å². The molecule has 2 aromatic rings. The van der Waals surface area contributed by atoms with Crippen LogP contribution in [0.3, 0.4) is 0 Å². The summed E-state index contributed by atoms with van der Waals surface area (Å²) in [5, 5.41) is 8.64. The molecule has 1 aliphatic rings. The summed E-state index contributed by atoms with van der Waals surface area (Å²) < 4.78 is 0. The number of nitrogens with one attached hydrogen (secondary N) is 2.